The van der Waals surface area contributed by atoms with E-state index in [0.717, 1.165) is 35.3 Å². The maximum atomic E-state index is 12.0. The number of amides is 1. The number of carbonyl (C=O) groups is 1. The highest BCUT2D eigenvalue weighted by Crippen LogP contribution is 2.26. The second-order valence-electron chi connectivity index (χ2n) is 4.98. The molecule has 4 nitrogen and oxygen atoms in total. The third-order valence-electron chi connectivity index (χ3n) is 2.89. The van der Waals surface area contributed by atoms with Gasteiger partial charge >= 0.3 is 0 Å². The molecule has 19 heavy (non-hydrogen) atoms. The van der Waals surface area contributed by atoms with Crippen LogP contribution in [0.25, 0.3) is 0 Å². The highest BCUT2D eigenvalue weighted by Gasteiger charge is 2.22. The highest BCUT2D eigenvalue weighted by molar-refractivity contribution is 9.10. The Hall–Kier alpha value is -1.07. The van der Waals surface area contributed by atoms with Gasteiger partial charge in [0.15, 0.2) is 0 Å². The molecular formula is C14H19BrN2O2. The largest absolute Gasteiger partial charge is 0.491 e. The molecule has 1 aliphatic heterocycles. The Morgan fingerprint density at radius 1 is 1.47 bits per heavy atom. The van der Waals surface area contributed by atoms with Crippen LogP contribution in [0.2, 0.25) is 0 Å². The van der Waals surface area contributed by atoms with Crippen molar-refractivity contribution in [1.82, 2.24) is 5.32 Å². The first kappa shape index (κ1) is 14.3. The van der Waals surface area contributed by atoms with Crippen molar-refractivity contribution in [2.24, 2.45) is 0 Å². The van der Waals surface area contributed by atoms with Crippen molar-refractivity contribution in [1.29, 1.82) is 0 Å². The van der Waals surface area contributed by atoms with Gasteiger partial charge in [0, 0.05) is 16.2 Å². The summed E-state index contributed by atoms with van der Waals surface area (Å²) in [6.07, 6.45) is 2.06. The van der Waals surface area contributed by atoms with E-state index in [2.05, 4.69) is 26.6 Å². The molecular weight excluding hydrogens is 308 g/mol. The first-order chi connectivity index (χ1) is 9.04. The highest BCUT2D eigenvalue weighted by atomic mass is 79.9. The number of carbonyl (C=O) groups excluding carboxylic acids is 1. The topological polar surface area (TPSA) is 50.4 Å². The predicted molar refractivity (Wildman–Crippen MR) is 79.6 cm³/mol. The van der Waals surface area contributed by atoms with Crippen LogP contribution < -0.4 is 15.4 Å². The summed E-state index contributed by atoms with van der Waals surface area (Å²) in [5, 5.41) is 6.11. The number of hydrogen-bond donors (Lipinski definition) is 2. The predicted octanol–water partition coefficient (Wildman–Crippen LogP) is 2.93. The van der Waals surface area contributed by atoms with Crippen LogP contribution in [0.3, 0.4) is 0 Å². The molecule has 1 aromatic carbocycles. The van der Waals surface area contributed by atoms with E-state index in [4.69, 9.17) is 4.74 Å². The molecule has 1 heterocycles. The molecule has 2 N–H and O–H groups in total. The van der Waals surface area contributed by atoms with Crippen molar-refractivity contribution in [3.8, 4) is 5.75 Å². The van der Waals surface area contributed by atoms with Gasteiger partial charge in [-0.05, 0) is 45.4 Å². The van der Waals surface area contributed by atoms with E-state index in [1.807, 2.05) is 32.0 Å². The minimum Gasteiger partial charge on any atom is -0.491 e. The van der Waals surface area contributed by atoms with Gasteiger partial charge in [-0.1, -0.05) is 15.9 Å². The molecule has 1 amide bonds. The number of benzene rings is 1. The molecule has 0 spiro atoms. The van der Waals surface area contributed by atoms with Crippen molar-refractivity contribution < 1.29 is 9.53 Å². The summed E-state index contributed by atoms with van der Waals surface area (Å²) < 4.78 is 6.54. The fourth-order valence-electron chi connectivity index (χ4n) is 2.11. The molecule has 0 aromatic heterocycles. The van der Waals surface area contributed by atoms with Gasteiger partial charge in [0.05, 0.1) is 12.1 Å². The van der Waals surface area contributed by atoms with E-state index in [1.54, 1.807) is 0 Å². The number of hydrogen-bond acceptors (Lipinski definition) is 3. The molecule has 1 atom stereocenters. The SMILES string of the molecule is CC(C)Oc1cc(Br)cc(NC(=O)C2CCCN2)c1. The van der Waals surface area contributed by atoms with Crippen LogP contribution in [-0.4, -0.2) is 24.6 Å². The molecule has 0 radical (unpaired) electrons. The number of halogens is 1. The normalized spacial score (nSPS) is 18.6. The summed E-state index contributed by atoms with van der Waals surface area (Å²) in [5.41, 5.74) is 0.753. The summed E-state index contributed by atoms with van der Waals surface area (Å²) in [7, 11) is 0. The molecule has 1 unspecified atom stereocenters. The smallest absolute Gasteiger partial charge is 0.241 e. The maximum absolute atomic E-state index is 12.0. The summed E-state index contributed by atoms with van der Waals surface area (Å²) in [5.74, 6) is 0.769. The zero-order valence-corrected chi connectivity index (χ0v) is 12.8. The lowest BCUT2D eigenvalue weighted by Gasteiger charge is -2.14. The first-order valence-electron chi connectivity index (χ1n) is 6.56. The van der Waals surface area contributed by atoms with E-state index in [-0.39, 0.29) is 18.1 Å². The molecule has 1 aromatic rings. The Bertz CT molecular complexity index is 457. The van der Waals surface area contributed by atoms with Crippen LogP contribution in [0.15, 0.2) is 22.7 Å². The summed E-state index contributed by atoms with van der Waals surface area (Å²) >= 11 is 3.43. The van der Waals surface area contributed by atoms with E-state index in [1.165, 1.54) is 0 Å². The number of anilines is 1. The molecule has 0 aliphatic carbocycles. The standard InChI is InChI=1S/C14H19BrN2O2/c1-9(2)19-12-7-10(15)6-11(8-12)17-14(18)13-4-3-5-16-13/h6-9,13,16H,3-5H2,1-2H3,(H,17,18). The molecule has 0 bridgehead atoms. The molecule has 1 aliphatic rings. The monoisotopic (exact) mass is 326 g/mol. The minimum absolute atomic E-state index is 0.0195. The first-order valence-corrected chi connectivity index (χ1v) is 7.35. The lowest BCUT2D eigenvalue weighted by Crippen LogP contribution is -2.35. The Morgan fingerprint density at radius 3 is 2.89 bits per heavy atom. The quantitative estimate of drug-likeness (QED) is 0.894. The van der Waals surface area contributed by atoms with Crippen LogP contribution in [0.1, 0.15) is 26.7 Å². The number of rotatable bonds is 4. The molecule has 2 rings (SSSR count). The van der Waals surface area contributed by atoms with Gasteiger partial charge in [-0.15, -0.1) is 0 Å². The second kappa shape index (κ2) is 6.39. The van der Waals surface area contributed by atoms with Crippen molar-refractivity contribution in [2.45, 2.75) is 38.8 Å². The van der Waals surface area contributed by atoms with Crippen LogP contribution in [0.5, 0.6) is 5.75 Å². The van der Waals surface area contributed by atoms with Crippen LogP contribution in [-0.2, 0) is 4.79 Å². The molecule has 1 saturated heterocycles. The van der Waals surface area contributed by atoms with Crippen molar-refractivity contribution in [3.63, 3.8) is 0 Å². The van der Waals surface area contributed by atoms with Gasteiger partial charge in [0.1, 0.15) is 5.75 Å². The van der Waals surface area contributed by atoms with Crippen molar-refractivity contribution in [2.75, 3.05) is 11.9 Å². The zero-order chi connectivity index (χ0) is 13.8. The van der Waals surface area contributed by atoms with Crippen molar-refractivity contribution >= 4 is 27.5 Å². The average Bonchev–Trinajstić information content (AvgIpc) is 2.79. The fourth-order valence-corrected chi connectivity index (χ4v) is 2.59. The average molecular weight is 327 g/mol. The Kier molecular flexibility index (Phi) is 4.82. The van der Waals surface area contributed by atoms with Crippen LogP contribution in [0, 0.1) is 0 Å². The van der Waals surface area contributed by atoms with Crippen LogP contribution >= 0.6 is 15.9 Å². The lowest BCUT2D eigenvalue weighted by atomic mass is 10.2. The van der Waals surface area contributed by atoms with Gasteiger partial charge in [0.25, 0.3) is 0 Å². The minimum atomic E-state index is -0.0755. The van der Waals surface area contributed by atoms with Crippen LogP contribution in [0.4, 0.5) is 5.69 Å². The van der Waals surface area contributed by atoms with E-state index in [9.17, 15) is 4.79 Å². The fraction of sp³-hybridized carbons (Fsp3) is 0.500. The summed E-state index contributed by atoms with van der Waals surface area (Å²) in [6.45, 7) is 4.86. The molecule has 1 fully saturated rings. The summed E-state index contributed by atoms with van der Waals surface area (Å²) in [6, 6.07) is 5.54. The molecule has 5 heteroatoms. The van der Waals surface area contributed by atoms with E-state index in [0.29, 0.717) is 0 Å². The number of nitrogens with one attached hydrogen (secondary N) is 2. The summed E-state index contributed by atoms with van der Waals surface area (Å²) in [4.78, 5) is 12.0. The maximum Gasteiger partial charge on any atom is 0.241 e. The lowest BCUT2D eigenvalue weighted by molar-refractivity contribution is -0.117. The molecule has 104 valence electrons. The third kappa shape index (κ3) is 4.21. The van der Waals surface area contributed by atoms with Gasteiger partial charge in [-0.3, -0.25) is 4.79 Å². The van der Waals surface area contributed by atoms with E-state index < -0.39 is 0 Å². The van der Waals surface area contributed by atoms with Gasteiger partial charge in [-0.2, -0.15) is 0 Å². The van der Waals surface area contributed by atoms with Gasteiger partial charge < -0.3 is 15.4 Å². The Labute approximate surface area is 122 Å². The van der Waals surface area contributed by atoms with Crippen molar-refractivity contribution in [3.05, 3.63) is 22.7 Å². The number of ether oxygens (including phenoxy) is 1. The molecule has 0 saturated carbocycles. The van der Waals surface area contributed by atoms with Gasteiger partial charge in [-0.25, -0.2) is 0 Å². The van der Waals surface area contributed by atoms with Gasteiger partial charge in [0.2, 0.25) is 5.91 Å². The Balaban J connectivity index is 2.06. The zero-order valence-electron chi connectivity index (χ0n) is 11.2. The second-order valence-corrected chi connectivity index (χ2v) is 5.90. The Morgan fingerprint density at radius 2 is 2.26 bits per heavy atom. The third-order valence-corrected chi connectivity index (χ3v) is 3.35. The van der Waals surface area contributed by atoms with E-state index >= 15 is 0 Å².